The molecule has 0 fully saturated rings. The first kappa shape index (κ1) is 23.0. The van der Waals surface area contributed by atoms with Crippen LogP contribution in [-0.4, -0.2) is 67.7 Å². The maximum absolute atomic E-state index is 10.4. The van der Waals surface area contributed by atoms with Crippen molar-refractivity contribution >= 4 is 23.9 Å². The van der Waals surface area contributed by atoms with E-state index in [1.54, 1.807) is 0 Å². The van der Waals surface area contributed by atoms with Gasteiger partial charge < -0.3 is 30.6 Å². The molecular weight excluding hydrogens is 328 g/mol. The zero-order valence-electron chi connectivity index (χ0n) is 12.2. The third-order valence-electron chi connectivity index (χ3n) is 1.82. The summed E-state index contributed by atoms with van der Waals surface area (Å²) in [5.41, 5.74) is -0.0372. The first-order chi connectivity index (χ1) is 11.1. The summed E-state index contributed by atoms with van der Waals surface area (Å²) in [6.45, 7) is -0.250. The van der Waals surface area contributed by atoms with E-state index in [4.69, 9.17) is 30.6 Å². The average Bonchev–Trinajstić information content (AvgIpc) is 2.53. The lowest BCUT2D eigenvalue weighted by molar-refractivity contribution is -0.134. The van der Waals surface area contributed by atoms with Gasteiger partial charge in [0.15, 0.2) is 0 Å². The monoisotopic (exact) mass is 344 g/mol. The Kier molecular flexibility index (Phi) is 12.9. The number of hydrogen-bond acceptors (Lipinski definition) is 6. The topological polar surface area (TPSA) is 190 Å². The number of hydrogen-bond donors (Lipinski definition) is 6. The van der Waals surface area contributed by atoms with Crippen LogP contribution in [0.4, 0.5) is 0 Å². The van der Waals surface area contributed by atoms with Crippen molar-refractivity contribution in [2.75, 3.05) is 13.2 Å². The number of aromatic carboxylic acids is 2. The van der Waals surface area contributed by atoms with Crippen LogP contribution in [0.2, 0.25) is 0 Å². The van der Waals surface area contributed by atoms with Crippen LogP contribution in [0.25, 0.3) is 0 Å². The molecule has 0 atom stereocenters. The summed E-state index contributed by atoms with van der Waals surface area (Å²) in [5, 5.41) is 47.9. The summed E-state index contributed by atoms with van der Waals surface area (Å²) in [7, 11) is 0. The fourth-order valence-corrected chi connectivity index (χ4v) is 0.928. The molecule has 0 aromatic heterocycles. The van der Waals surface area contributed by atoms with E-state index in [1.807, 2.05) is 0 Å². The minimum atomic E-state index is -1.26. The van der Waals surface area contributed by atoms with Gasteiger partial charge in [-0.3, -0.25) is 0 Å². The van der Waals surface area contributed by atoms with Gasteiger partial charge in [-0.05, 0) is 18.2 Å². The fraction of sp³-hybridized carbons (Fsp3) is 0.143. The summed E-state index contributed by atoms with van der Waals surface area (Å²) in [4.78, 5) is 39.9. The molecule has 1 aromatic rings. The SMILES string of the molecule is O=C(O)C=CC(=O)O.O=C(O)c1cccc(C(=O)O)c1.OCCO. The number of carbonyl (C=O) groups is 4. The van der Waals surface area contributed by atoms with E-state index < -0.39 is 23.9 Å². The summed E-state index contributed by atoms with van der Waals surface area (Å²) in [6, 6.07) is 5.20. The minimum Gasteiger partial charge on any atom is -0.478 e. The van der Waals surface area contributed by atoms with E-state index in [0.717, 1.165) is 6.07 Å². The lowest BCUT2D eigenvalue weighted by Gasteiger charge is -1.95. The maximum Gasteiger partial charge on any atom is 0.335 e. The molecule has 0 aliphatic rings. The second kappa shape index (κ2) is 13.4. The van der Waals surface area contributed by atoms with Gasteiger partial charge in [0.1, 0.15) is 0 Å². The van der Waals surface area contributed by atoms with Gasteiger partial charge in [-0.15, -0.1) is 0 Å². The van der Waals surface area contributed by atoms with Crippen molar-refractivity contribution in [3.63, 3.8) is 0 Å². The van der Waals surface area contributed by atoms with Gasteiger partial charge in [-0.25, -0.2) is 19.2 Å². The molecule has 0 bridgehead atoms. The predicted molar refractivity (Wildman–Crippen MR) is 78.9 cm³/mol. The number of carboxylic acid groups (broad SMARTS) is 4. The Labute approximate surface area is 135 Å². The van der Waals surface area contributed by atoms with Crippen LogP contribution in [0.15, 0.2) is 36.4 Å². The molecule has 0 heterocycles. The van der Waals surface area contributed by atoms with Crippen LogP contribution < -0.4 is 0 Å². The molecule has 0 unspecified atom stereocenters. The van der Waals surface area contributed by atoms with Crippen molar-refractivity contribution in [1.29, 1.82) is 0 Å². The third kappa shape index (κ3) is 13.7. The molecule has 0 saturated carbocycles. The van der Waals surface area contributed by atoms with Gasteiger partial charge in [0.05, 0.1) is 24.3 Å². The summed E-state index contributed by atoms with van der Waals surface area (Å²) in [6.07, 6.45) is 1.12. The van der Waals surface area contributed by atoms with Crippen LogP contribution in [-0.2, 0) is 9.59 Å². The molecule has 0 amide bonds. The number of benzene rings is 1. The molecule has 0 aliphatic heterocycles. The zero-order chi connectivity index (χ0) is 19.1. The largest absolute Gasteiger partial charge is 0.478 e. The standard InChI is InChI=1S/C8H6O4.C4H4O4.C2H6O2/c9-7(10)5-2-1-3-6(4-5)8(11)12;5-3(6)1-2-4(7)8;3-1-2-4/h1-4H,(H,9,10)(H,11,12);1-2H,(H,5,6)(H,7,8);3-4H,1-2H2. The maximum atomic E-state index is 10.4. The van der Waals surface area contributed by atoms with Gasteiger partial charge in [-0.2, -0.15) is 0 Å². The molecule has 0 spiro atoms. The molecule has 1 rings (SSSR count). The zero-order valence-corrected chi connectivity index (χ0v) is 12.2. The number of carboxylic acids is 4. The van der Waals surface area contributed by atoms with Crippen LogP contribution in [0.1, 0.15) is 20.7 Å². The first-order valence-corrected chi connectivity index (χ1v) is 6.08. The summed E-state index contributed by atoms with van der Waals surface area (Å²) in [5.74, 6) is -4.77. The lowest BCUT2D eigenvalue weighted by Crippen LogP contribution is -2.01. The van der Waals surface area contributed by atoms with Crippen LogP contribution >= 0.6 is 0 Å². The van der Waals surface area contributed by atoms with Gasteiger partial charge in [-0.1, -0.05) is 6.07 Å². The van der Waals surface area contributed by atoms with Crippen molar-refractivity contribution in [3.8, 4) is 0 Å². The van der Waals surface area contributed by atoms with Gasteiger partial charge in [0.2, 0.25) is 0 Å². The number of rotatable bonds is 5. The quantitative estimate of drug-likeness (QED) is 0.389. The number of aliphatic hydroxyl groups is 2. The Bertz CT molecular complexity index is 544. The fourth-order valence-electron chi connectivity index (χ4n) is 0.928. The molecule has 10 nitrogen and oxygen atoms in total. The number of aliphatic hydroxyl groups excluding tert-OH is 2. The van der Waals surface area contributed by atoms with Gasteiger partial charge in [0, 0.05) is 12.2 Å². The van der Waals surface area contributed by atoms with Gasteiger partial charge >= 0.3 is 23.9 Å². The van der Waals surface area contributed by atoms with Crippen molar-refractivity contribution in [1.82, 2.24) is 0 Å². The molecule has 24 heavy (non-hydrogen) atoms. The molecule has 0 radical (unpaired) electrons. The highest BCUT2D eigenvalue weighted by Gasteiger charge is 2.06. The molecule has 1 aromatic carbocycles. The van der Waals surface area contributed by atoms with Crippen LogP contribution in [0.5, 0.6) is 0 Å². The van der Waals surface area contributed by atoms with Crippen molar-refractivity contribution in [3.05, 3.63) is 47.5 Å². The highest BCUT2D eigenvalue weighted by Crippen LogP contribution is 2.04. The Morgan fingerprint density at radius 1 is 0.750 bits per heavy atom. The van der Waals surface area contributed by atoms with Crippen molar-refractivity contribution in [2.24, 2.45) is 0 Å². The smallest absolute Gasteiger partial charge is 0.335 e. The normalized spacial score (nSPS) is 9.08. The molecule has 132 valence electrons. The molecule has 6 N–H and O–H groups in total. The average molecular weight is 344 g/mol. The Morgan fingerprint density at radius 2 is 1.08 bits per heavy atom. The molecule has 0 saturated heterocycles. The van der Waals surface area contributed by atoms with E-state index >= 15 is 0 Å². The van der Waals surface area contributed by atoms with Crippen molar-refractivity contribution in [2.45, 2.75) is 0 Å². The summed E-state index contributed by atoms with van der Waals surface area (Å²) < 4.78 is 0. The van der Waals surface area contributed by atoms with Crippen molar-refractivity contribution < 1.29 is 49.8 Å². The Hall–Kier alpha value is -3.24. The highest BCUT2D eigenvalue weighted by molar-refractivity contribution is 5.93. The lowest BCUT2D eigenvalue weighted by atomic mass is 10.1. The second-order valence-corrected chi connectivity index (χ2v) is 3.65. The molecule has 0 aliphatic carbocycles. The summed E-state index contributed by atoms with van der Waals surface area (Å²) >= 11 is 0. The van der Waals surface area contributed by atoms with Gasteiger partial charge in [0.25, 0.3) is 0 Å². The highest BCUT2D eigenvalue weighted by atomic mass is 16.4. The van der Waals surface area contributed by atoms with E-state index in [9.17, 15) is 19.2 Å². The van der Waals surface area contributed by atoms with E-state index in [-0.39, 0.29) is 24.3 Å². The van der Waals surface area contributed by atoms with Crippen LogP contribution in [0.3, 0.4) is 0 Å². The first-order valence-electron chi connectivity index (χ1n) is 6.08. The van der Waals surface area contributed by atoms with E-state index in [2.05, 4.69) is 0 Å². The van der Waals surface area contributed by atoms with E-state index in [1.165, 1.54) is 18.2 Å². The molecule has 10 heteroatoms. The van der Waals surface area contributed by atoms with E-state index in [0.29, 0.717) is 12.2 Å². The number of aliphatic carboxylic acids is 2. The van der Waals surface area contributed by atoms with Crippen LogP contribution in [0, 0.1) is 0 Å². The minimum absolute atomic E-state index is 0.0186. The molecular formula is C14H16O10. The third-order valence-corrected chi connectivity index (χ3v) is 1.82. The second-order valence-electron chi connectivity index (χ2n) is 3.65. The predicted octanol–water partition coefficient (Wildman–Crippen LogP) is -0.234. The Morgan fingerprint density at radius 3 is 1.29 bits per heavy atom. The Balaban J connectivity index is 0.